The van der Waals surface area contributed by atoms with Crippen molar-refractivity contribution in [3.8, 4) is 5.88 Å². The van der Waals surface area contributed by atoms with Crippen LogP contribution in [0.1, 0.15) is 27.3 Å². The summed E-state index contributed by atoms with van der Waals surface area (Å²) in [5.74, 6) is 0.220. The van der Waals surface area contributed by atoms with Crippen molar-refractivity contribution in [2.24, 2.45) is 7.05 Å². The minimum absolute atomic E-state index is 0.225. The van der Waals surface area contributed by atoms with E-state index >= 15 is 0 Å². The smallest absolute Gasteiger partial charge is 0.256 e. The molecule has 0 atom stereocenters. The van der Waals surface area contributed by atoms with E-state index in [1.165, 1.54) is 0 Å². The number of aromatic nitrogens is 4. The number of pyridine rings is 2. The topological polar surface area (TPSA) is 81.9 Å². The number of nitrogens with zero attached hydrogens (tertiary/aromatic N) is 4. The third-order valence-electron chi connectivity index (χ3n) is 4.56. The van der Waals surface area contributed by atoms with Crippen molar-refractivity contribution >= 4 is 22.6 Å². The number of carbonyl (C=O) groups is 1. The highest BCUT2D eigenvalue weighted by Crippen LogP contribution is 2.23. The van der Waals surface area contributed by atoms with Gasteiger partial charge in [0.05, 0.1) is 16.6 Å². The number of carbonyl (C=O) groups excluding carboxylic acids is 1. The summed E-state index contributed by atoms with van der Waals surface area (Å²) in [6.07, 6.45) is 1.61. The molecule has 0 fully saturated rings. The molecule has 0 saturated heterocycles. The number of rotatable bonds is 5. The number of ether oxygens (including phenoxy) is 1. The lowest BCUT2D eigenvalue weighted by atomic mass is 10.1. The Morgan fingerprint density at radius 3 is 2.72 bits per heavy atom. The van der Waals surface area contributed by atoms with Gasteiger partial charge in [-0.1, -0.05) is 30.3 Å². The Balaban J connectivity index is 1.55. The Morgan fingerprint density at radius 2 is 1.93 bits per heavy atom. The van der Waals surface area contributed by atoms with Crippen LogP contribution in [0, 0.1) is 13.8 Å². The minimum Gasteiger partial charge on any atom is -0.473 e. The number of aryl methyl sites for hydroxylation is 3. The highest BCUT2D eigenvalue weighted by Gasteiger charge is 2.18. The van der Waals surface area contributed by atoms with Gasteiger partial charge in [0.1, 0.15) is 6.61 Å². The summed E-state index contributed by atoms with van der Waals surface area (Å²) in [6.45, 7) is 4.14. The van der Waals surface area contributed by atoms with E-state index in [9.17, 15) is 4.79 Å². The van der Waals surface area contributed by atoms with Crippen LogP contribution < -0.4 is 10.1 Å². The van der Waals surface area contributed by atoms with Crippen molar-refractivity contribution in [2.45, 2.75) is 20.5 Å². The van der Waals surface area contributed by atoms with Gasteiger partial charge in [-0.2, -0.15) is 5.10 Å². The standard InChI is InChI=1S/C22H21N5O2/c1-14-11-18(20-15(2)26-27(3)21(20)24-14)22(28)25-17-9-10-23-19(12-17)29-13-16-7-5-4-6-8-16/h4-12H,13H2,1-3H3,(H,23,25,28). The Kier molecular flexibility index (Phi) is 4.95. The first-order valence-electron chi connectivity index (χ1n) is 9.26. The maximum Gasteiger partial charge on any atom is 0.256 e. The quantitative estimate of drug-likeness (QED) is 0.563. The van der Waals surface area contributed by atoms with E-state index in [0.717, 1.165) is 22.3 Å². The summed E-state index contributed by atoms with van der Waals surface area (Å²) in [5.41, 5.74) is 4.41. The molecule has 29 heavy (non-hydrogen) atoms. The van der Waals surface area contributed by atoms with Crippen molar-refractivity contribution in [3.63, 3.8) is 0 Å². The van der Waals surface area contributed by atoms with Crippen LogP contribution in [0.5, 0.6) is 5.88 Å². The van der Waals surface area contributed by atoms with Gasteiger partial charge in [0, 0.05) is 30.7 Å². The number of nitrogens with one attached hydrogen (secondary N) is 1. The van der Waals surface area contributed by atoms with Crippen LogP contribution in [0.15, 0.2) is 54.7 Å². The van der Waals surface area contributed by atoms with Crippen molar-refractivity contribution in [3.05, 3.63) is 77.2 Å². The molecule has 0 aliphatic heterocycles. The Bertz CT molecular complexity index is 1180. The zero-order chi connectivity index (χ0) is 20.4. The molecule has 0 saturated carbocycles. The van der Waals surface area contributed by atoms with Gasteiger partial charge >= 0.3 is 0 Å². The molecule has 3 heterocycles. The minimum atomic E-state index is -0.225. The van der Waals surface area contributed by atoms with Crippen LogP contribution >= 0.6 is 0 Å². The number of benzene rings is 1. The fourth-order valence-electron chi connectivity index (χ4n) is 3.25. The number of hydrogen-bond donors (Lipinski definition) is 1. The molecule has 4 rings (SSSR count). The van der Waals surface area contributed by atoms with Gasteiger partial charge in [0.2, 0.25) is 5.88 Å². The predicted molar refractivity (Wildman–Crippen MR) is 111 cm³/mol. The number of fused-ring (bicyclic) bond motifs is 1. The highest BCUT2D eigenvalue weighted by molar-refractivity contribution is 6.12. The monoisotopic (exact) mass is 387 g/mol. The lowest BCUT2D eigenvalue weighted by Crippen LogP contribution is -2.13. The molecule has 0 bridgehead atoms. The summed E-state index contributed by atoms with van der Waals surface area (Å²) in [4.78, 5) is 21.7. The summed E-state index contributed by atoms with van der Waals surface area (Å²) >= 11 is 0. The molecule has 7 heteroatoms. The molecule has 1 amide bonds. The first-order valence-corrected chi connectivity index (χ1v) is 9.26. The molecular weight excluding hydrogens is 366 g/mol. The number of hydrogen-bond acceptors (Lipinski definition) is 5. The molecule has 0 spiro atoms. The van der Waals surface area contributed by atoms with E-state index in [-0.39, 0.29) is 5.91 Å². The maximum atomic E-state index is 13.0. The van der Waals surface area contributed by atoms with Gasteiger partial charge in [0.25, 0.3) is 5.91 Å². The van der Waals surface area contributed by atoms with Gasteiger partial charge in [-0.3, -0.25) is 9.48 Å². The first kappa shape index (κ1) is 18.6. The van der Waals surface area contributed by atoms with Gasteiger partial charge in [-0.15, -0.1) is 0 Å². The average Bonchev–Trinajstić information content (AvgIpc) is 3.00. The first-order chi connectivity index (χ1) is 14.0. The van der Waals surface area contributed by atoms with Crippen LogP contribution in [0.4, 0.5) is 5.69 Å². The lowest BCUT2D eigenvalue weighted by Gasteiger charge is -2.10. The third-order valence-corrected chi connectivity index (χ3v) is 4.56. The molecule has 7 nitrogen and oxygen atoms in total. The zero-order valence-electron chi connectivity index (χ0n) is 16.5. The molecule has 3 aromatic heterocycles. The van der Waals surface area contributed by atoms with Gasteiger partial charge in [-0.25, -0.2) is 9.97 Å². The molecule has 146 valence electrons. The predicted octanol–water partition coefficient (Wildman–Crippen LogP) is 3.81. The Morgan fingerprint density at radius 1 is 1.14 bits per heavy atom. The third kappa shape index (κ3) is 3.94. The Hall–Kier alpha value is -3.74. The van der Waals surface area contributed by atoms with Crippen molar-refractivity contribution in [2.75, 3.05) is 5.32 Å². The second-order valence-corrected chi connectivity index (χ2v) is 6.83. The normalized spacial score (nSPS) is 10.9. The zero-order valence-corrected chi connectivity index (χ0v) is 16.5. The van der Waals surface area contributed by atoms with E-state index in [0.29, 0.717) is 29.4 Å². The molecular formula is C22H21N5O2. The molecule has 1 aromatic carbocycles. The second kappa shape index (κ2) is 7.71. The Labute approximate surface area is 168 Å². The summed E-state index contributed by atoms with van der Waals surface area (Å²) in [5, 5.41) is 8.08. The van der Waals surface area contributed by atoms with E-state index in [1.54, 1.807) is 29.1 Å². The van der Waals surface area contributed by atoms with Crippen molar-refractivity contribution in [1.82, 2.24) is 19.7 Å². The highest BCUT2D eigenvalue weighted by atomic mass is 16.5. The fourth-order valence-corrected chi connectivity index (χ4v) is 3.25. The lowest BCUT2D eigenvalue weighted by molar-refractivity contribution is 0.102. The van der Waals surface area contributed by atoms with Crippen molar-refractivity contribution < 1.29 is 9.53 Å². The fraction of sp³-hybridized carbons (Fsp3) is 0.182. The molecule has 0 radical (unpaired) electrons. The van der Waals surface area contributed by atoms with E-state index in [1.807, 2.05) is 51.2 Å². The molecule has 0 unspecified atom stereocenters. The number of amides is 1. The summed E-state index contributed by atoms with van der Waals surface area (Å²) in [6, 6.07) is 15.1. The van der Waals surface area contributed by atoms with Crippen LogP contribution in [-0.2, 0) is 13.7 Å². The van der Waals surface area contributed by atoms with Gasteiger partial charge in [-0.05, 0) is 31.5 Å². The van der Waals surface area contributed by atoms with E-state index in [4.69, 9.17) is 4.74 Å². The SMILES string of the molecule is Cc1cc(C(=O)Nc2ccnc(OCc3ccccc3)c2)c2c(C)nn(C)c2n1. The summed E-state index contributed by atoms with van der Waals surface area (Å²) < 4.78 is 7.44. The maximum absolute atomic E-state index is 13.0. The van der Waals surface area contributed by atoms with Crippen LogP contribution in [0.3, 0.4) is 0 Å². The molecule has 1 N–H and O–H groups in total. The molecule has 0 aliphatic carbocycles. The van der Waals surface area contributed by atoms with Crippen LogP contribution in [0.25, 0.3) is 11.0 Å². The number of anilines is 1. The molecule has 0 aliphatic rings. The average molecular weight is 387 g/mol. The van der Waals surface area contributed by atoms with E-state index in [2.05, 4.69) is 20.4 Å². The van der Waals surface area contributed by atoms with Gasteiger partial charge in [0.15, 0.2) is 5.65 Å². The van der Waals surface area contributed by atoms with Gasteiger partial charge < -0.3 is 10.1 Å². The van der Waals surface area contributed by atoms with Crippen molar-refractivity contribution in [1.29, 1.82) is 0 Å². The second-order valence-electron chi connectivity index (χ2n) is 6.83. The molecule has 4 aromatic rings. The van der Waals surface area contributed by atoms with E-state index < -0.39 is 0 Å². The summed E-state index contributed by atoms with van der Waals surface area (Å²) in [7, 11) is 1.82. The van der Waals surface area contributed by atoms with Crippen LogP contribution in [0.2, 0.25) is 0 Å². The van der Waals surface area contributed by atoms with Crippen LogP contribution in [-0.4, -0.2) is 25.7 Å². The largest absolute Gasteiger partial charge is 0.473 e.